The molecule has 2 heteroatoms. The highest BCUT2D eigenvalue weighted by atomic mass is 15.0. The molecule has 2 nitrogen and oxygen atoms in total. The smallest absolute Gasteiger partial charge is 0.145 e. The van der Waals surface area contributed by atoms with Gasteiger partial charge in [0.1, 0.15) is 5.65 Å². The van der Waals surface area contributed by atoms with E-state index in [9.17, 15) is 0 Å². The molecule has 2 aromatic heterocycles. The molecule has 168 valence electrons. The average molecular weight is 451 g/mol. The highest BCUT2D eigenvalue weighted by molar-refractivity contribution is 6.28. The van der Waals surface area contributed by atoms with Gasteiger partial charge < -0.3 is 0 Å². The van der Waals surface area contributed by atoms with Crippen LogP contribution in [0.2, 0.25) is 0 Å². The Morgan fingerprint density at radius 1 is 0.600 bits per heavy atom. The summed E-state index contributed by atoms with van der Waals surface area (Å²) in [7, 11) is 0. The van der Waals surface area contributed by atoms with Gasteiger partial charge in [-0.3, -0.25) is 4.40 Å². The average Bonchev–Trinajstić information content (AvgIpc) is 3.37. The Balaban J connectivity index is 1.70. The molecule has 35 heavy (non-hydrogen) atoms. The number of imidazole rings is 1. The summed E-state index contributed by atoms with van der Waals surface area (Å²) in [5.74, 6) is 0. The van der Waals surface area contributed by atoms with E-state index in [-0.39, 0.29) is 0 Å². The quantitative estimate of drug-likeness (QED) is 0.246. The largest absolute Gasteiger partial charge is 0.298 e. The van der Waals surface area contributed by atoms with E-state index >= 15 is 0 Å². The first kappa shape index (κ1) is 20.2. The van der Waals surface area contributed by atoms with Crippen LogP contribution in [-0.2, 0) is 12.8 Å². The fourth-order valence-corrected chi connectivity index (χ4v) is 5.90. The SMILES string of the molecule is CCc1cccc(CC)c1-c1cn2c3ccc4ccc5ccccc5c4c3c3ccccc3c2n1. The molecule has 0 amide bonds. The maximum Gasteiger partial charge on any atom is 0.145 e. The first-order valence-corrected chi connectivity index (χ1v) is 12.5. The molecule has 5 aromatic carbocycles. The molecule has 7 rings (SSSR count). The van der Waals surface area contributed by atoms with E-state index in [4.69, 9.17) is 4.98 Å². The molecule has 0 aliphatic carbocycles. The molecule has 7 aromatic rings. The lowest BCUT2D eigenvalue weighted by molar-refractivity contribution is 1.09. The van der Waals surface area contributed by atoms with E-state index in [1.165, 1.54) is 59.9 Å². The van der Waals surface area contributed by atoms with Crippen molar-refractivity contribution in [1.29, 1.82) is 0 Å². The van der Waals surface area contributed by atoms with Crippen molar-refractivity contribution < 1.29 is 0 Å². The fourth-order valence-electron chi connectivity index (χ4n) is 5.90. The number of aromatic nitrogens is 2. The molecule has 0 bridgehead atoms. The predicted molar refractivity (Wildman–Crippen MR) is 149 cm³/mol. The molecule has 0 atom stereocenters. The summed E-state index contributed by atoms with van der Waals surface area (Å²) >= 11 is 0. The first-order chi connectivity index (χ1) is 17.3. The number of hydrogen-bond acceptors (Lipinski definition) is 1. The monoisotopic (exact) mass is 450 g/mol. The van der Waals surface area contributed by atoms with Crippen LogP contribution in [-0.4, -0.2) is 9.38 Å². The lowest BCUT2D eigenvalue weighted by Crippen LogP contribution is -1.94. The summed E-state index contributed by atoms with van der Waals surface area (Å²) in [6, 6.07) is 33.1. The lowest BCUT2D eigenvalue weighted by Gasteiger charge is -2.13. The van der Waals surface area contributed by atoms with Crippen molar-refractivity contribution in [3.8, 4) is 11.3 Å². The fraction of sp³-hybridized carbons (Fsp3) is 0.121. The third-order valence-electron chi connectivity index (χ3n) is 7.55. The Bertz CT molecular complexity index is 1900. The molecular formula is C33H26N2. The van der Waals surface area contributed by atoms with Crippen LogP contribution >= 0.6 is 0 Å². The molecule has 0 spiro atoms. The number of pyridine rings is 1. The molecule has 0 saturated carbocycles. The second-order valence-electron chi connectivity index (χ2n) is 9.37. The third-order valence-corrected chi connectivity index (χ3v) is 7.55. The van der Waals surface area contributed by atoms with Gasteiger partial charge in [0.2, 0.25) is 0 Å². The van der Waals surface area contributed by atoms with Crippen LogP contribution in [0.1, 0.15) is 25.0 Å². The maximum absolute atomic E-state index is 5.28. The zero-order chi connectivity index (χ0) is 23.5. The van der Waals surface area contributed by atoms with E-state index in [1.807, 2.05) is 0 Å². The normalized spacial score (nSPS) is 11.9. The summed E-state index contributed by atoms with van der Waals surface area (Å²) in [4.78, 5) is 5.28. The first-order valence-electron chi connectivity index (χ1n) is 12.5. The van der Waals surface area contributed by atoms with E-state index in [1.54, 1.807) is 0 Å². The lowest BCUT2D eigenvalue weighted by atomic mass is 9.95. The minimum absolute atomic E-state index is 0.995. The topological polar surface area (TPSA) is 17.3 Å². The van der Waals surface area contributed by atoms with Gasteiger partial charge in [-0.25, -0.2) is 4.98 Å². The Hall–Kier alpha value is -4.17. The summed E-state index contributed by atoms with van der Waals surface area (Å²) in [5.41, 5.74) is 7.30. The van der Waals surface area contributed by atoms with Crippen LogP contribution in [0, 0.1) is 0 Å². The molecule has 0 saturated heterocycles. The number of rotatable bonds is 3. The van der Waals surface area contributed by atoms with E-state index < -0.39 is 0 Å². The van der Waals surface area contributed by atoms with Gasteiger partial charge in [0, 0.05) is 22.5 Å². The van der Waals surface area contributed by atoms with Crippen molar-refractivity contribution >= 4 is 48.9 Å². The van der Waals surface area contributed by atoms with Crippen molar-refractivity contribution in [3.05, 3.63) is 108 Å². The molecule has 0 N–H and O–H groups in total. The van der Waals surface area contributed by atoms with Gasteiger partial charge in [-0.05, 0) is 57.0 Å². The zero-order valence-electron chi connectivity index (χ0n) is 20.0. The Morgan fingerprint density at radius 2 is 1.26 bits per heavy atom. The molecule has 0 aliphatic rings. The van der Waals surface area contributed by atoms with Gasteiger partial charge >= 0.3 is 0 Å². The standard InChI is InChI=1S/C33H26N2/c1-3-21-11-9-12-22(4-2)30(21)28-20-35-29-19-18-24-17-16-23-10-5-6-13-25(23)31(24)32(29)26-14-7-8-15-27(26)33(35)34-28/h5-20H,3-4H2,1-2H3. The van der Waals surface area contributed by atoms with Crippen molar-refractivity contribution in [1.82, 2.24) is 9.38 Å². The predicted octanol–water partition coefficient (Wildman–Crippen LogP) is 8.74. The molecule has 0 aliphatic heterocycles. The van der Waals surface area contributed by atoms with Gasteiger partial charge in [-0.1, -0.05) is 98.8 Å². The third kappa shape index (κ3) is 2.86. The number of aryl methyl sites for hydroxylation is 2. The molecular weight excluding hydrogens is 424 g/mol. The van der Waals surface area contributed by atoms with Gasteiger partial charge in [0.05, 0.1) is 11.2 Å². The highest BCUT2D eigenvalue weighted by Crippen LogP contribution is 2.39. The van der Waals surface area contributed by atoms with Crippen LogP contribution in [0.25, 0.3) is 60.1 Å². The number of hydrogen-bond donors (Lipinski definition) is 0. The molecule has 0 radical (unpaired) electrons. The second-order valence-corrected chi connectivity index (χ2v) is 9.37. The van der Waals surface area contributed by atoms with Crippen LogP contribution in [0.3, 0.4) is 0 Å². The maximum atomic E-state index is 5.28. The number of fused-ring (bicyclic) bond motifs is 10. The van der Waals surface area contributed by atoms with Crippen molar-refractivity contribution in [2.75, 3.05) is 0 Å². The van der Waals surface area contributed by atoms with Gasteiger partial charge in [-0.2, -0.15) is 0 Å². The van der Waals surface area contributed by atoms with E-state index in [0.717, 1.165) is 24.2 Å². The molecule has 2 heterocycles. The number of benzene rings is 5. The van der Waals surface area contributed by atoms with Crippen molar-refractivity contribution in [2.24, 2.45) is 0 Å². The van der Waals surface area contributed by atoms with Crippen LogP contribution in [0.4, 0.5) is 0 Å². The Morgan fingerprint density at radius 3 is 2.03 bits per heavy atom. The van der Waals surface area contributed by atoms with Crippen LogP contribution in [0.15, 0.2) is 97.2 Å². The second kappa shape index (κ2) is 7.68. The highest BCUT2D eigenvalue weighted by Gasteiger charge is 2.18. The Labute approximate surface area is 204 Å². The summed E-state index contributed by atoms with van der Waals surface area (Å²) < 4.78 is 2.32. The number of nitrogens with zero attached hydrogens (tertiary/aromatic N) is 2. The Kier molecular flexibility index (Phi) is 4.44. The minimum Gasteiger partial charge on any atom is -0.298 e. The molecule has 0 fully saturated rings. The summed E-state index contributed by atoms with van der Waals surface area (Å²) in [6.07, 6.45) is 4.25. The minimum atomic E-state index is 0.995. The summed E-state index contributed by atoms with van der Waals surface area (Å²) in [6.45, 7) is 4.46. The van der Waals surface area contributed by atoms with E-state index in [0.29, 0.717) is 0 Å². The van der Waals surface area contributed by atoms with Crippen molar-refractivity contribution in [2.45, 2.75) is 26.7 Å². The van der Waals surface area contributed by atoms with Crippen molar-refractivity contribution in [3.63, 3.8) is 0 Å². The van der Waals surface area contributed by atoms with Gasteiger partial charge in [0.25, 0.3) is 0 Å². The van der Waals surface area contributed by atoms with E-state index in [2.05, 4.69) is 115 Å². The molecule has 0 unspecified atom stereocenters. The van der Waals surface area contributed by atoms with Gasteiger partial charge in [0.15, 0.2) is 0 Å². The van der Waals surface area contributed by atoms with Crippen LogP contribution in [0.5, 0.6) is 0 Å². The summed E-state index contributed by atoms with van der Waals surface area (Å²) in [5, 5.41) is 8.90. The zero-order valence-corrected chi connectivity index (χ0v) is 20.0. The van der Waals surface area contributed by atoms with Gasteiger partial charge in [-0.15, -0.1) is 0 Å². The van der Waals surface area contributed by atoms with Crippen LogP contribution < -0.4 is 0 Å².